The maximum atomic E-state index is 12.8. The molecule has 0 atom stereocenters. The Kier molecular flexibility index (Phi) is 5.88. The first kappa shape index (κ1) is 21.8. The van der Waals surface area contributed by atoms with Crippen LogP contribution >= 0.6 is 23.2 Å². The van der Waals surface area contributed by atoms with Gasteiger partial charge in [-0.05, 0) is 48.5 Å². The number of carbonyl (C=O) groups excluding carboxylic acids is 1. The average molecular weight is 489 g/mol. The largest absolute Gasteiger partial charge is 0.321 e. The van der Waals surface area contributed by atoms with Gasteiger partial charge in [0.1, 0.15) is 4.90 Å². The molecule has 0 unspecified atom stereocenters. The molecule has 0 fully saturated rings. The Hall–Kier alpha value is -3.40. The second kappa shape index (κ2) is 8.62. The van der Waals surface area contributed by atoms with Crippen LogP contribution in [0.25, 0.3) is 10.8 Å². The van der Waals surface area contributed by atoms with E-state index in [1.165, 1.54) is 30.3 Å². The van der Waals surface area contributed by atoms with Gasteiger partial charge < -0.3 is 5.32 Å². The number of amides is 1. The van der Waals surface area contributed by atoms with Gasteiger partial charge in [-0.15, -0.1) is 0 Å². The number of hydrogen-bond donors (Lipinski definition) is 3. The lowest BCUT2D eigenvalue weighted by atomic mass is 10.1. The molecule has 8 nitrogen and oxygen atoms in total. The fourth-order valence-electron chi connectivity index (χ4n) is 2.99. The summed E-state index contributed by atoms with van der Waals surface area (Å²) in [5.74, 6) is -0.631. The third-order valence-electron chi connectivity index (χ3n) is 4.49. The summed E-state index contributed by atoms with van der Waals surface area (Å²) >= 11 is 11.9. The second-order valence-electron chi connectivity index (χ2n) is 6.66. The number of carbonyl (C=O) groups is 1. The molecule has 0 aliphatic heterocycles. The number of nitrogens with zero attached hydrogens (tertiary/aromatic N) is 1. The van der Waals surface area contributed by atoms with Crippen molar-refractivity contribution in [3.05, 3.63) is 92.8 Å². The van der Waals surface area contributed by atoms with E-state index in [0.717, 1.165) is 0 Å². The minimum absolute atomic E-state index is 0.0150. The quantitative estimate of drug-likeness (QED) is 0.387. The molecule has 0 aliphatic rings. The second-order valence-corrected chi connectivity index (χ2v) is 9.15. The first-order valence-electron chi connectivity index (χ1n) is 9.11. The fourth-order valence-corrected chi connectivity index (χ4v) is 4.70. The molecule has 0 saturated heterocycles. The third kappa shape index (κ3) is 4.45. The number of sulfonamides is 1. The molecule has 1 amide bonds. The van der Waals surface area contributed by atoms with Crippen LogP contribution in [0.5, 0.6) is 0 Å². The Balaban J connectivity index is 1.65. The Labute approximate surface area is 192 Å². The van der Waals surface area contributed by atoms with Crippen LogP contribution < -0.4 is 15.6 Å². The first-order valence-corrected chi connectivity index (χ1v) is 11.4. The van der Waals surface area contributed by atoms with Crippen molar-refractivity contribution in [2.45, 2.75) is 4.90 Å². The number of anilines is 2. The minimum atomic E-state index is -4.06. The van der Waals surface area contributed by atoms with Gasteiger partial charge >= 0.3 is 0 Å². The van der Waals surface area contributed by atoms with Crippen molar-refractivity contribution in [1.29, 1.82) is 0 Å². The lowest BCUT2D eigenvalue weighted by Gasteiger charge is -2.12. The maximum absolute atomic E-state index is 12.8. The van der Waals surface area contributed by atoms with E-state index in [4.69, 9.17) is 23.2 Å². The third-order valence-corrected chi connectivity index (χ3v) is 6.60. The summed E-state index contributed by atoms with van der Waals surface area (Å²) in [5.41, 5.74) is 0.0286. The molecular formula is C21H14Cl2N4O4S. The molecule has 4 rings (SSSR count). The molecule has 0 aliphatic carbocycles. The minimum Gasteiger partial charge on any atom is -0.321 e. The van der Waals surface area contributed by atoms with E-state index in [9.17, 15) is 18.0 Å². The van der Waals surface area contributed by atoms with Crippen molar-refractivity contribution in [2.24, 2.45) is 0 Å². The van der Waals surface area contributed by atoms with Crippen molar-refractivity contribution >= 4 is 61.3 Å². The van der Waals surface area contributed by atoms with Crippen molar-refractivity contribution < 1.29 is 13.2 Å². The number of rotatable bonds is 5. The van der Waals surface area contributed by atoms with Gasteiger partial charge in [0.05, 0.1) is 10.4 Å². The molecule has 1 heterocycles. The molecule has 0 radical (unpaired) electrons. The van der Waals surface area contributed by atoms with Gasteiger partial charge in [-0.3, -0.25) is 14.3 Å². The van der Waals surface area contributed by atoms with E-state index >= 15 is 0 Å². The molecule has 0 saturated carbocycles. The van der Waals surface area contributed by atoms with E-state index < -0.39 is 21.5 Å². The van der Waals surface area contributed by atoms with Gasteiger partial charge in [0, 0.05) is 21.8 Å². The van der Waals surface area contributed by atoms with Crippen LogP contribution in [0, 0.1) is 0 Å². The summed E-state index contributed by atoms with van der Waals surface area (Å²) in [6.45, 7) is 0. The lowest BCUT2D eigenvalue weighted by molar-refractivity contribution is 0.102. The SMILES string of the molecule is O=C(Nc1ccc(Cl)c(S(=O)(=O)Nc2ccc(Cl)cc2)c1)c1n[nH]c(=O)c2ccccc12. The van der Waals surface area contributed by atoms with Gasteiger partial charge in [-0.2, -0.15) is 5.10 Å². The highest BCUT2D eigenvalue weighted by Crippen LogP contribution is 2.28. The summed E-state index contributed by atoms with van der Waals surface area (Å²) in [6.07, 6.45) is 0. The van der Waals surface area contributed by atoms with Crippen LogP contribution in [-0.2, 0) is 10.0 Å². The number of nitrogens with one attached hydrogen (secondary N) is 3. The fraction of sp³-hybridized carbons (Fsp3) is 0. The predicted molar refractivity (Wildman–Crippen MR) is 124 cm³/mol. The number of benzene rings is 3. The number of aromatic amines is 1. The average Bonchev–Trinajstić information content (AvgIpc) is 2.77. The van der Waals surface area contributed by atoms with E-state index in [2.05, 4.69) is 20.2 Å². The maximum Gasteiger partial charge on any atom is 0.276 e. The van der Waals surface area contributed by atoms with Crippen molar-refractivity contribution in [3.8, 4) is 0 Å². The Morgan fingerprint density at radius 3 is 2.28 bits per heavy atom. The summed E-state index contributed by atoms with van der Waals surface area (Å²) in [6, 6.07) is 16.6. The summed E-state index contributed by atoms with van der Waals surface area (Å²) in [4.78, 5) is 24.5. The van der Waals surface area contributed by atoms with Crippen LogP contribution in [0.4, 0.5) is 11.4 Å². The highest BCUT2D eigenvalue weighted by Gasteiger charge is 2.20. The van der Waals surface area contributed by atoms with Crippen LogP contribution in [0.2, 0.25) is 10.0 Å². The van der Waals surface area contributed by atoms with Crippen molar-refractivity contribution in [2.75, 3.05) is 10.0 Å². The monoisotopic (exact) mass is 488 g/mol. The zero-order valence-electron chi connectivity index (χ0n) is 16.1. The Morgan fingerprint density at radius 2 is 1.56 bits per heavy atom. The molecule has 0 spiro atoms. The van der Waals surface area contributed by atoms with E-state index in [1.807, 2.05) is 0 Å². The molecule has 1 aromatic heterocycles. The molecule has 3 aromatic carbocycles. The smallest absolute Gasteiger partial charge is 0.276 e. The van der Waals surface area contributed by atoms with E-state index in [0.29, 0.717) is 21.5 Å². The number of fused-ring (bicyclic) bond motifs is 1. The molecule has 4 aromatic rings. The number of hydrogen-bond acceptors (Lipinski definition) is 5. The van der Waals surface area contributed by atoms with Gasteiger partial charge in [0.2, 0.25) is 0 Å². The normalized spacial score (nSPS) is 11.3. The molecule has 162 valence electrons. The summed E-state index contributed by atoms with van der Waals surface area (Å²) in [7, 11) is -4.06. The molecular weight excluding hydrogens is 475 g/mol. The van der Waals surface area contributed by atoms with Crippen molar-refractivity contribution in [3.63, 3.8) is 0 Å². The van der Waals surface area contributed by atoms with Gasteiger partial charge in [-0.25, -0.2) is 13.5 Å². The standard InChI is InChI=1S/C21H14Cl2N4O4S/c22-12-5-7-13(8-6-12)27-32(30,31)18-11-14(9-10-17(18)23)24-21(29)19-15-3-1-2-4-16(15)20(28)26-25-19/h1-11,27H,(H,24,29)(H,26,28). The van der Waals surface area contributed by atoms with Crippen LogP contribution in [0.15, 0.2) is 76.4 Å². The van der Waals surface area contributed by atoms with Gasteiger partial charge in [0.25, 0.3) is 21.5 Å². The van der Waals surface area contributed by atoms with Crippen LogP contribution in [-0.4, -0.2) is 24.5 Å². The van der Waals surface area contributed by atoms with Crippen LogP contribution in [0.1, 0.15) is 10.5 Å². The zero-order valence-corrected chi connectivity index (χ0v) is 18.4. The number of aromatic nitrogens is 2. The predicted octanol–water partition coefficient (Wildman–Crippen LogP) is 4.28. The highest BCUT2D eigenvalue weighted by atomic mass is 35.5. The van der Waals surface area contributed by atoms with E-state index in [1.54, 1.807) is 36.4 Å². The van der Waals surface area contributed by atoms with E-state index in [-0.39, 0.29) is 21.3 Å². The number of H-pyrrole nitrogens is 1. The Morgan fingerprint density at radius 1 is 0.906 bits per heavy atom. The first-order chi connectivity index (χ1) is 15.2. The van der Waals surface area contributed by atoms with Crippen LogP contribution in [0.3, 0.4) is 0 Å². The summed E-state index contributed by atoms with van der Waals surface area (Å²) in [5, 5.41) is 9.80. The van der Waals surface area contributed by atoms with Crippen molar-refractivity contribution in [1.82, 2.24) is 10.2 Å². The lowest BCUT2D eigenvalue weighted by Crippen LogP contribution is -2.19. The summed E-state index contributed by atoms with van der Waals surface area (Å²) < 4.78 is 28.1. The molecule has 32 heavy (non-hydrogen) atoms. The molecule has 3 N–H and O–H groups in total. The van der Waals surface area contributed by atoms with Gasteiger partial charge in [0.15, 0.2) is 5.69 Å². The number of halogens is 2. The topological polar surface area (TPSA) is 121 Å². The Bertz CT molecular complexity index is 1500. The van der Waals surface area contributed by atoms with Gasteiger partial charge in [-0.1, -0.05) is 41.4 Å². The molecule has 11 heteroatoms. The zero-order chi connectivity index (χ0) is 22.9. The highest BCUT2D eigenvalue weighted by molar-refractivity contribution is 7.92. The molecule has 0 bridgehead atoms.